The number of hydrogen-bond donors (Lipinski definition) is 2. The van der Waals surface area contributed by atoms with Gasteiger partial charge in [0.15, 0.2) is 0 Å². The van der Waals surface area contributed by atoms with Gasteiger partial charge in [0, 0.05) is 15.3 Å². The lowest BCUT2D eigenvalue weighted by Gasteiger charge is -2.03. The van der Waals surface area contributed by atoms with Gasteiger partial charge in [-0.05, 0) is 40.8 Å². The highest BCUT2D eigenvalue weighted by molar-refractivity contribution is 14.1. The van der Waals surface area contributed by atoms with E-state index < -0.39 is 0 Å². The highest BCUT2D eigenvalue weighted by Gasteiger charge is 2.05. The van der Waals surface area contributed by atoms with Crippen molar-refractivity contribution in [2.24, 2.45) is 0 Å². The van der Waals surface area contributed by atoms with Crippen LogP contribution in [0.5, 0.6) is 0 Å². The van der Waals surface area contributed by atoms with E-state index in [1.807, 2.05) is 18.2 Å². The number of aromatic nitrogens is 2. The molecule has 2 aromatic rings. The molecule has 1 heterocycles. The maximum absolute atomic E-state index is 11.7. The average Bonchev–Trinajstić information content (AvgIpc) is 2.78. The lowest BCUT2D eigenvalue weighted by molar-refractivity contribution is 0.0950. The predicted molar refractivity (Wildman–Crippen MR) is 68.9 cm³/mol. The Labute approximate surface area is 107 Å². The molecule has 0 fully saturated rings. The molecule has 4 nitrogen and oxygen atoms in total. The largest absolute Gasteiger partial charge is 0.347 e. The molecule has 0 aliphatic heterocycles. The van der Waals surface area contributed by atoms with Crippen molar-refractivity contribution >= 4 is 28.5 Å². The summed E-state index contributed by atoms with van der Waals surface area (Å²) < 4.78 is 1.05. The minimum atomic E-state index is -0.0758. The van der Waals surface area contributed by atoms with Crippen molar-refractivity contribution in [1.29, 1.82) is 0 Å². The zero-order valence-corrected chi connectivity index (χ0v) is 10.6. The third-order valence-electron chi connectivity index (χ3n) is 2.08. The summed E-state index contributed by atoms with van der Waals surface area (Å²) in [6.45, 7) is 0.463. The normalized spacial score (nSPS) is 10.1. The number of hydrogen-bond acceptors (Lipinski definition) is 2. The van der Waals surface area contributed by atoms with Crippen molar-refractivity contribution in [3.63, 3.8) is 0 Å². The molecule has 0 unspecified atom stereocenters. The number of imidazole rings is 1. The summed E-state index contributed by atoms with van der Waals surface area (Å²) in [5.41, 5.74) is 1.56. The SMILES string of the molecule is O=C(NCc1cnc[nH]1)c1cccc(I)c1. The molecule has 82 valence electrons. The van der Waals surface area contributed by atoms with Gasteiger partial charge in [0.2, 0.25) is 0 Å². The van der Waals surface area contributed by atoms with Crippen LogP contribution >= 0.6 is 22.6 Å². The van der Waals surface area contributed by atoms with Gasteiger partial charge in [-0.1, -0.05) is 6.07 Å². The fraction of sp³-hybridized carbons (Fsp3) is 0.0909. The number of rotatable bonds is 3. The van der Waals surface area contributed by atoms with Crippen LogP contribution < -0.4 is 5.32 Å². The number of halogens is 1. The number of aromatic amines is 1. The van der Waals surface area contributed by atoms with Crippen molar-refractivity contribution < 1.29 is 4.79 Å². The molecule has 0 bridgehead atoms. The summed E-state index contributed by atoms with van der Waals surface area (Å²) in [4.78, 5) is 18.6. The zero-order chi connectivity index (χ0) is 11.4. The minimum absolute atomic E-state index is 0.0758. The first-order valence-corrected chi connectivity index (χ1v) is 5.84. The molecule has 0 atom stereocenters. The summed E-state index contributed by atoms with van der Waals surface area (Å²) in [6.07, 6.45) is 3.28. The van der Waals surface area contributed by atoms with E-state index in [0.29, 0.717) is 12.1 Å². The van der Waals surface area contributed by atoms with E-state index >= 15 is 0 Å². The molecule has 0 aliphatic rings. The number of H-pyrrole nitrogens is 1. The highest BCUT2D eigenvalue weighted by atomic mass is 127. The Balaban J connectivity index is 1.98. The Morgan fingerprint density at radius 2 is 2.38 bits per heavy atom. The van der Waals surface area contributed by atoms with Gasteiger partial charge in [-0.3, -0.25) is 4.79 Å². The molecular formula is C11H10IN3O. The van der Waals surface area contributed by atoms with Crippen molar-refractivity contribution in [2.75, 3.05) is 0 Å². The quantitative estimate of drug-likeness (QED) is 0.847. The van der Waals surface area contributed by atoms with Crippen LogP contribution in [-0.2, 0) is 6.54 Å². The summed E-state index contributed by atoms with van der Waals surface area (Å²) >= 11 is 2.18. The van der Waals surface area contributed by atoms with E-state index in [1.165, 1.54) is 0 Å². The molecule has 5 heteroatoms. The van der Waals surface area contributed by atoms with E-state index in [9.17, 15) is 4.79 Å². The van der Waals surface area contributed by atoms with Crippen LogP contribution in [0, 0.1) is 3.57 Å². The monoisotopic (exact) mass is 327 g/mol. The van der Waals surface area contributed by atoms with Crippen molar-refractivity contribution in [3.8, 4) is 0 Å². The second kappa shape index (κ2) is 5.11. The van der Waals surface area contributed by atoms with Gasteiger partial charge in [0.1, 0.15) is 0 Å². The second-order valence-corrected chi connectivity index (χ2v) is 4.52. The first-order chi connectivity index (χ1) is 7.75. The van der Waals surface area contributed by atoms with Gasteiger partial charge in [0.25, 0.3) is 5.91 Å². The summed E-state index contributed by atoms with van der Waals surface area (Å²) in [7, 11) is 0. The molecule has 16 heavy (non-hydrogen) atoms. The number of carbonyl (C=O) groups excluding carboxylic acids is 1. The van der Waals surface area contributed by atoms with E-state index in [4.69, 9.17) is 0 Å². The number of amides is 1. The van der Waals surface area contributed by atoms with Crippen LogP contribution in [-0.4, -0.2) is 15.9 Å². The second-order valence-electron chi connectivity index (χ2n) is 3.27. The average molecular weight is 327 g/mol. The first kappa shape index (κ1) is 11.1. The van der Waals surface area contributed by atoms with Crippen LogP contribution in [0.15, 0.2) is 36.8 Å². The van der Waals surface area contributed by atoms with Gasteiger partial charge in [-0.15, -0.1) is 0 Å². The summed E-state index contributed by atoms with van der Waals surface area (Å²) in [5, 5.41) is 2.82. The Kier molecular flexibility index (Phi) is 3.55. The van der Waals surface area contributed by atoms with Crippen LogP contribution in [0.1, 0.15) is 16.1 Å². The molecule has 0 radical (unpaired) electrons. The van der Waals surface area contributed by atoms with Crippen molar-refractivity contribution in [3.05, 3.63) is 51.6 Å². The summed E-state index contributed by atoms with van der Waals surface area (Å²) in [6, 6.07) is 7.46. The van der Waals surface area contributed by atoms with Crippen LogP contribution in [0.2, 0.25) is 0 Å². The van der Waals surface area contributed by atoms with Gasteiger partial charge < -0.3 is 10.3 Å². The van der Waals surface area contributed by atoms with E-state index in [-0.39, 0.29) is 5.91 Å². The number of nitrogens with one attached hydrogen (secondary N) is 2. The highest BCUT2D eigenvalue weighted by Crippen LogP contribution is 2.07. The first-order valence-electron chi connectivity index (χ1n) is 4.77. The van der Waals surface area contributed by atoms with Crippen molar-refractivity contribution in [2.45, 2.75) is 6.54 Å². The fourth-order valence-electron chi connectivity index (χ4n) is 1.29. The van der Waals surface area contributed by atoms with Crippen molar-refractivity contribution in [1.82, 2.24) is 15.3 Å². The molecule has 0 aliphatic carbocycles. The third kappa shape index (κ3) is 2.82. The lowest BCUT2D eigenvalue weighted by Crippen LogP contribution is -2.22. The van der Waals surface area contributed by atoms with Gasteiger partial charge in [-0.25, -0.2) is 4.98 Å². The number of benzene rings is 1. The van der Waals surface area contributed by atoms with Gasteiger partial charge in [-0.2, -0.15) is 0 Å². The van der Waals surface area contributed by atoms with Gasteiger partial charge in [0.05, 0.1) is 18.6 Å². The Bertz CT molecular complexity index is 482. The van der Waals surface area contributed by atoms with Crippen LogP contribution in [0.3, 0.4) is 0 Å². The molecule has 1 aromatic carbocycles. The standard InChI is InChI=1S/C11H10IN3O/c12-9-3-1-2-8(4-9)11(16)14-6-10-5-13-7-15-10/h1-5,7H,6H2,(H,13,15)(H,14,16). The smallest absolute Gasteiger partial charge is 0.251 e. The maximum Gasteiger partial charge on any atom is 0.251 e. The fourth-order valence-corrected chi connectivity index (χ4v) is 1.83. The van der Waals surface area contributed by atoms with E-state index in [0.717, 1.165) is 9.26 Å². The topological polar surface area (TPSA) is 57.8 Å². The maximum atomic E-state index is 11.7. The molecule has 0 spiro atoms. The van der Waals surface area contributed by atoms with E-state index in [1.54, 1.807) is 18.6 Å². The van der Waals surface area contributed by atoms with Crippen LogP contribution in [0.25, 0.3) is 0 Å². The summed E-state index contributed by atoms with van der Waals surface area (Å²) in [5.74, 6) is -0.0758. The molecule has 2 rings (SSSR count). The zero-order valence-electron chi connectivity index (χ0n) is 8.40. The Morgan fingerprint density at radius 1 is 1.50 bits per heavy atom. The molecule has 0 saturated heterocycles. The van der Waals surface area contributed by atoms with Crippen LogP contribution in [0.4, 0.5) is 0 Å². The Morgan fingerprint density at radius 3 is 3.06 bits per heavy atom. The van der Waals surface area contributed by atoms with E-state index in [2.05, 4.69) is 37.9 Å². The number of carbonyl (C=O) groups is 1. The minimum Gasteiger partial charge on any atom is -0.347 e. The Hall–Kier alpha value is -1.37. The third-order valence-corrected chi connectivity index (χ3v) is 2.75. The lowest BCUT2D eigenvalue weighted by atomic mass is 10.2. The predicted octanol–water partition coefficient (Wildman–Crippen LogP) is 1.94. The molecule has 1 aromatic heterocycles. The molecule has 1 amide bonds. The molecule has 0 saturated carbocycles. The number of nitrogens with zero attached hydrogens (tertiary/aromatic N) is 1. The molecular weight excluding hydrogens is 317 g/mol. The molecule has 2 N–H and O–H groups in total. The van der Waals surface area contributed by atoms with Gasteiger partial charge >= 0.3 is 0 Å².